The number of ether oxygens (including phenoxy) is 2. The molecule has 3 rings (SSSR count). The van der Waals surface area contributed by atoms with E-state index in [0.29, 0.717) is 17.9 Å². The van der Waals surface area contributed by atoms with E-state index < -0.39 is 0 Å². The molecule has 2 aromatic carbocycles. The fourth-order valence-corrected chi connectivity index (χ4v) is 3.45. The molecule has 3 aromatic rings. The first-order chi connectivity index (χ1) is 15.4. The van der Waals surface area contributed by atoms with Crippen molar-refractivity contribution in [3.05, 3.63) is 81.6 Å². The Hall–Kier alpha value is -3.39. The number of rotatable bonds is 8. The molecule has 0 radical (unpaired) electrons. The lowest BCUT2D eigenvalue weighted by Gasteiger charge is -2.11. The summed E-state index contributed by atoms with van der Waals surface area (Å²) in [5, 5.41) is 4.05. The van der Waals surface area contributed by atoms with E-state index in [4.69, 9.17) is 9.47 Å². The lowest BCUT2D eigenvalue weighted by molar-refractivity contribution is -0.123. The molecule has 7 nitrogen and oxygen atoms in total. The van der Waals surface area contributed by atoms with Gasteiger partial charge in [-0.2, -0.15) is 5.10 Å². The average molecular weight is 498 g/mol. The lowest BCUT2D eigenvalue weighted by atomic mass is 10.2. The number of amides is 1. The summed E-state index contributed by atoms with van der Waals surface area (Å²) in [6.45, 7) is 5.87. The zero-order valence-electron chi connectivity index (χ0n) is 18.1. The Morgan fingerprint density at radius 3 is 2.59 bits per heavy atom. The fraction of sp³-hybridized carbons (Fsp3) is 0.208. The number of benzene rings is 2. The predicted octanol–water partition coefficient (Wildman–Crippen LogP) is 4.56. The lowest BCUT2D eigenvalue weighted by Crippen LogP contribution is -2.24. The van der Waals surface area contributed by atoms with Gasteiger partial charge in [-0.25, -0.2) is 10.2 Å². The van der Waals surface area contributed by atoms with Crippen LogP contribution in [-0.2, 0) is 9.53 Å². The van der Waals surface area contributed by atoms with Crippen LogP contribution in [0.2, 0.25) is 0 Å². The Bertz CT molecular complexity index is 1140. The van der Waals surface area contributed by atoms with Crippen molar-refractivity contribution in [1.82, 2.24) is 9.99 Å². The molecule has 0 aliphatic carbocycles. The molecule has 1 aromatic heterocycles. The maximum Gasteiger partial charge on any atom is 0.338 e. The molecule has 0 aliphatic heterocycles. The van der Waals surface area contributed by atoms with Crippen LogP contribution >= 0.6 is 15.9 Å². The van der Waals surface area contributed by atoms with Crippen molar-refractivity contribution in [3.63, 3.8) is 0 Å². The molecule has 0 fully saturated rings. The van der Waals surface area contributed by atoms with Crippen LogP contribution in [-0.4, -0.2) is 35.9 Å². The van der Waals surface area contributed by atoms with Gasteiger partial charge in [0.1, 0.15) is 5.75 Å². The summed E-state index contributed by atoms with van der Waals surface area (Å²) >= 11 is 3.35. The van der Waals surface area contributed by atoms with Gasteiger partial charge in [0.05, 0.1) is 18.4 Å². The number of aryl methyl sites for hydroxylation is 1. The summed E-state index contributed by atoms with van der Waals surface area (Å²) in [5.41, 5.74) is 6.54. The number of nitrogens with one attached hydrogen (secondary N) is 1. The molecular formula is C24H24BrN3O4. The van der Waals surface area contributed by atoms with Gasteiger partial charge in [0.25, 0.3) is 5.91 Å². The molecule has 0 saturated carbocycles. The smallest absolute Gasteiger partial charge is 0.338 e. The highest BCUT2D eigenvalue weighted by molar-refractivity contribution is 9.10. The molecule has 1 amide bonds. The Balaban J connectivity index is 1.66. The van der Waals surface area contributed by atoms with Gasteiger partial charge in [0.15, 0.2) is 6.61 Å². The number of esters is 1. The third kappa shape index (κ3) is 5.85. The number of nitrogens with zero attached hydrogens (tertiary/aromatic N) is 2. The molecule has 0 bridgehead atoms. The summed E-state index contributed by atoms with van der Waals surface area (Å²) < 4.78 is 13.5. The standard InChI is InChI=1S/C24H24BrN3O4/c1-4-31-24(30)18-6-5-7-21(13-18)28-16(2)12-19(17(28)3)14-26-27-23(29)15-32-22-10-8-20(25)9-11-22/h5-14H,4,15H2,1-3H3,(H,27,29)/b26-14-. The topological polar surface area (TPSA) is 81.9 Å². The summed E-state index contributed by atoms with van der Waals surface area (Å²) in [6, 6.07) is 16.4. The highest BCUT2D eigenvalue weighted by Crippen LogP contribution is 2.21. The van der Waals surface area contributed by atoms with Crippen molar-refractivity contribution in [1.29, 1.82) is 0 Å². The van der Waals surface area contributed by atoms with Gasteiger partial charge in [-0.3, -0.25) is 4.79 Å². The van der Waals surface area contributed by atoms with Crippen LogP contribution in [0.5, 0.6) is 5.75 Å². The van der Waals surface area contributed by atoms with Crippen LogP contribution in [0, 0.1) is 13.8 Å². The second kappa shape index (κ2) is 10.8. The van der Waals surface area contributed by atoms with Gasteiger partial charge in [-0.05, 0) is 69.3 Å². The molecular weight excluding hydrogens is 474 g/mol. The summed E-state index contributed by atoms with van der Waals surface area (Å²) in [6.07, 6.45) is 1.59. The number of hydrogen-bond donors (Lipinski definition) is 1. The molecule has 0 atom stereocenters. The van der Waals surface area contributed by atoms with E-state index in [1.54, 1.807) is 37.4 Å². The van der Waals surface area contributed by atoms with Gasteiger partial charge < -0.3 is 14.0 Å². The van der Waals surface area contributed by atoms with Gasteiger partial charge in [0, 0.05) is 27.1 Å². The Labute approximate surface area is 195 Å². The minimum absolute atomic E-state index is 0.140. The Morgan fingerprint density at radius 1 is 1.12 bits per heavy atom. The molecule has 0 spiro atoms. The monoisotopic (exact) mass is 497 g/mol. The van der Waals surface area contributed by atoms with E-state index in [1.807, 2.05) is 48.7 Å². The quantitative estimate of drug-likeness (QED) is 0.281. The zero-order chi connectivity index (χ0) is 23.1. The first kappa shape index (κ1) is 23.3. The van der Waals surface area contributed by atoms with E-state index in [2.05, 4.69) is 26.5 Å². The third-order valence-corrected chi connectivity index (χ3v) is 5.19. The van der Waals surface area contributed by atoms with Crippen LogP contribution in [0.25, 0.3) is 5.69 Å². The molecule has 0 saturated heterocycles. The van der Waals surface area contributed by atoms with Crippen molar-refractivity contribution < 1.29 is 19.1 Å². The van der Waals surface area contributed by atoms with Crippen molar-refractivity contribution in [2.24, 2.45) is 5.10 Å². The molecule has 32 heavy (non-hydrogen) atoms. The minimum atomic E-state index is -0.361. The molecule has 8 heteroatoms. The fourth-order valence-electron chi connectivity index (χ4n) is 3.19. The van der Waals surface area contributed by atoms with Crippen LogP contribution < -0.4 is 10.2 Å². The van der Waals surface area contributed by atoms with Gasteiger partial charge >= 0.3 is 5.97 Å². The van der Waals surface area contributed by atoms with E-state index in [-0.39, 0.29) is 18.5 Å². The van der Waals surface area contributed by atoms with Crippen molar-refractivity contribution in [2.45, 2.75) is 20.8 Å². The van der Waals surface area contributed by atoms with Crippen LogP contribution in [0.15, 0.2) is 64.2 Å². The molecule has 1 heterocycles. The van der Waals surface area contributed by atoms with Crippen molar-refractivity contribution in [2.75, 3.05) is 13.2 Å². The van der Waals surface area contributed by atoms with Crippen molar-refractivity contribution >= 4 is 34.0 Å². The average Bonchev–Trinajstić information content (AvgIpc) is 3.06. The Kier molecular flexibility index (Phi) is 7.83. The SMILES string of the molecule is CCOC(=O)c1cccc(-n2c(C)cc(/C=N\NC(=O)COc3ccc(Br)cc3)c2C)c1. The second-order valence-electron chi connectivity index (χ2n) is 6.97. The molecule has 0 aliphatic rings. The van der Waals surface area contributed by atoms with Gasteiger partial charge in [-0.1, -0.05) is 22.0 Å². The van der Waals surface area contributed by atoms with Crippen LogP contribution in [0.3, 0.4) is 0 Å². The number of hydrogen-bond acceptors (Lipinski definition) is 5. The second-order valence-corrected chi connectivity index (χ2v) is 7.88. The summed E-state index contributed by atoms with van der Waals surface area (Å²) in [7, 11) is 0. The maximum absolute atomic E-state index is 12.1. The normalized spacial score (nSPS) is 10.9. The largest absolute Gasteiger partial charge is 0.484 e. The Morgan fingerprint density at radius 2 is 1.88 bits per heavy atom. The first-order valence-electron chi connectivity index (χ1n) is 10.1. The minimum Gasteiger partial charge on any atom is -0.484 e. The zero-order valence-corrected chi connectivity index (χ0v) is 19.7. The van der Waals surface area contributed by atoms with E-state index in [9.17, 15) is 9.59 Å². The highest BCUT2D eigenvalue weighted by Gasteiger charge is 2.12. The molecule has 0 unspecified atom stereocenters. The number of aromatic nitrogens is 1. The van der Waals surface area contributed by atoms with E-state index >= 15 is 0 Å². The number of carbonyl (C=O) groups is 2. The number of carbonyl (C=O) groups excluding carboxylic acids is 2. The third-order valence-electron chi connectivity index (χ3n) is 4.66. The predicted molar refractivity (Wildman–Crippen MR) is 127 cm³/mol. The van der Waals surface area contributed by atoms with Crippen LogP contribution in [0.4, 0.5) is 0 Å². The van der Waals surface area contributed by atoms with Gasteiger partial charge in [0.2, 0.25) is 0 Å². The number of halogens is 1. The molecule has 166 valence electrons. The summed E-state index contributed by atoms with van der Waals surface area (Å²) in [5.74, 6) is -0.118. The number of hydrazone groups is 1. The summed E-state index contributed by atoms with van der Waals surface area (Å²) in [4.78, 5) is 24.1. The highest BCUT2D eigenvalue weighted by atomic mass is 79.9. The molecule has 1 N–H and O–H groups in total. The van der Waals surface area contributed by atoms with E-state index in [1.165, 1.54) is 0 Å². The first-order valence-corrected chi connectivity index (χ1v) is 10.8. The maximum atomic E-state index is 12.1. The van der Waals surface area contributed by atoms with E-state index in [0.717, 1.165) is 27.1 Å². The van der Waals surface area contributed by atoms with Crippen LogP contribution in [0.1, 0.15) is 34.2 Å². The van der Waals surface area contributed by atoms with Gasteiger partial charge in [-0.15, -0.1) is 0 Å². The van der Waals surface area contributed by atoms with Crippen molar-refractivity contribution in [3.8, 4) is 11.4 Å².